The van der Waals surface area contributed by atoms with Crippen molar-refractivity contribution in [2.75, 3.05) is 18.0 Å². The van der Waals surface area contributed by atoms with E-state index in [0.29, 0.717) is 0 Å². The zero-order valence-electron chi connectivity index (χ0n) is 17.8. The first-order valence-electron chi connectivity index (χ1n) is 10.2. The smallest absolute Gasteiger partial charge is 0.348 e. The van der Waals surface area contributed by atoms with Gasteiger partial charge < -0.3 is 13.7 Å². The Hall–Kier alpha value is -4.69. The lowest BCUT2D eigenvalue weighted by atomic mass is 9.95. The third-order valence-electron chi connectivity index (χ3n) is 5.51. The van der Waals surface area contributed by atoms with Crippen LogP contribution in [0.2, 0.25) is 0 Å². The summed E-state index contributed by atoms with van der Waals surface area (Å²) in [6.07, 6.45) is 0. The van der Waals surface area contributed by atoms with Crippen LogP contribution in [0, 0.1) is 22.7 Å². The summed E-state index contributed by atoms with van der Waals surface area (Å²) in [7, 11) is 0. The van der Waals surface area contributed by atoms with Crippen molar-refractivity contribution in [1.82, 2.24) is 0 Å². The molecule has 0 aliphatic heterocycles. The lowest BCUT2D eigenvalue weighted by Gasteiger charge is -2.21. The summed E-state index contributed by atoms with van der Waals surface area (Å²) in [5.74, 6) is -1.09. The number of benzene rings is 2. The van der Waals surface area contributed by atoms with Crippen LogP contribution in [-0.4, -0.2) is 18.9 Å². The van der Waals surface area contributed by atoms with Crippen LogP contribution in [0.25, 0.3) is 21.9 Å². The molecule has 2 heterocycles. The summed E-state index contributed by atoms with van der Waals surface area (Å²) in [5.41, 5.74) is -2.76. The molecular formula is C25H17N3O5. The normalized spacial score (nSPS) is 10.7. The fourth-order valence-electron chi connectivity index (χ4n) is 3.89. The number of ketones is 1. The Labute approximate surface area is 187 Å². The van der Waals surface area contributed by atoms with E-state index in [1.54, 1.807) is 30.3 Å². The van der Waals surface area contributed by atoms with E-state index < -0.39 is 28.2 Å². The van der Waals surface area contributed by atoms with E-state index in [-0.39, 0.29) is 33.1 Å². The topological polar surface area (TPSA) is 128 Å². The number of nitriles is 2. The highest BCUT2D eigenvalue weighted by atomic mass is 16.4. The van der Waals surface area contributed by atoms with Crippen molar-refractivity contribution in [2.24, 2.45) is 0 Å². The first kappa shape index (κ1) is 21.5. The van der Waals surface area contributed by atoms with Crippen molar-refractivity contribution in [1.29, 1.82) is 10.5 Å². The molecule has 0 aliphatic rings. The van der Waals surface area contributed by atoms with Crippen molar-refractivity contribution < 1.29 is 13.6 Å². The van der Waals surface area contributed by atoms with E-state index in [1.165, 1.54) is 12.1 Å². The van der Waals surface area contributed by atoms with Gasteiger partial charge in [-0.2, -0.15) is 10.5 Å². The molecule has 0 fully saturated rings. The van der Waals surface area contributed by atoms with Crippen LogP contribution >= 0.6 is 0 Å². The van der Waals surface area contributed by atoms with Crippen LogP contribution < -0.4 is 16.2 Å². The Balaban J connectivity index is 2.00. The third kappa shape index (κ3) is 3.44. The van der Waals surface area contributed by atoms with Crippen molar-refractivity contribution in [3.05, 3.63) is 85.6 Å². The van der Waals surface area contributed by atoms with E-state index in [0.717, 1.165) is 18.8 Å². The van der Waals surface area contributed by atoms with Crippen LogP contribution in [0.5, 0.6) is 0 Å². The first-order valence-corrected chi connectivity index (χ1v) is 10.2. The SMILES string of the molecule is CCN(CC)c1ccc2c(C#N)c(C(=O)c3c(C#N)c4ccccc4oc3=O)c(=O)oc2c1. The quantitative estimate of drug-likeness (QED) is 0.340. The first-order chi connectivity index (χ1) is 15.9. The standard InChI is InChI=1S/C25H17N3O5/c1-3-28(4-2)14-9-10-16-18(13-27)22(25(31)33-20(16)11-14)23(29)21-17(12-26)15-7-5-6-8-19(15)32-24(21)30/h5-11H,3-4H2,1-2H3. The minimum absolute atomic E-state index is 0.130. The van der Waals surface area contributed by atoms with Gasteiger partial charge in [0, 0.05) is 35.6 Å². The van der Waals surface area contributed by atoms with Gasteiger partial charge >= 0.3 is 11.3 Å². The highest BCUT2D eigenvalue weighted by Gasteiger charge is 2.29. The molecule has 0 amide bonds. The molecule has 0 atom stereocenters. The van der Waals surface area contributed by atoms with Crippen LogP contribution in [0.3, 0.4) is 0 Å². The van der Waals surface area contributed by atoms with Gasteiger partial charge in [0.05, 0.1) is 11.1 Å². The van der Waals surface area contributed by atoms with Gasteiger partial charge in [-0.15, -0.1) is 0 Å². The Morgan fingerprint density at radius 3 is 1.97 bits per heavy atom. The fourth-order valence-corrected chi connectivity index (χ4v) is 3.89. The Morgan fingerprint density at radius 1 is 0.848 bits per heavy atom. The summed E-state index contributed by atoms with van der Waals surface area (Å²) < 4.78 is 10.6. The highest BCUT2D eigenvalue weighted by molar-refractivity contribution is 6.14. The van der Waals surface area contributed by atoms with E-state index in [1.807, 2.05) is 30.9 Å². The second kappa shape index (κ2) is 8.45. The molecule has 8 nitrogen and oxygen atoms in total. The number of anilines is 1. The maximum atomic E-state index is 13.4. The molecule has 0 N–H and O–H groups in total. The largest absolute Gasteiger partial charge is 0.422 e. The predicted molar refractivity (Wildman–Crippen MR) is 121 cm³/mol. The molecule has 0 saturated carbocycles. The number of nitrogens with zero attached hydrogens (tertiary/aromatic N) is 3. The molecule has 8 heteroatoms. The van der Waals surface area contributed by atoms with E-state index >= 15 is 0 Å². The molecule has 4 aromatic rings. The Bertz CT molecular complexity index is 1630. The number of hydrogen-bond acceptors (Lipinski definition) is 8. The minimum atomic E-state index is -1.09. The van der Waals surface area contributed by atoms with E-state index in [2.05, 4.69) is 0 Å². The van der Waals surface area contributed by atoms with Crippen LogP contribution in [0.15, 0.2) is 60.9 Å². The number of fused-ring (bicyclic) bond motifs is 2. The van der Waals surface area contributed by atoms with Gasteiger partial charge in [-0.05, 0) is 38.1 Å². The molecule has 2 aromatic heterocycles. The second-order valence-electron chi connectivity index (χ2n) is 7.18. The summed E-state index contributed by atoms with van der Waals surface area (Å²) in [6, 6.07) is 15.0. The van der Waals surface area contributed by atoms with Crippen molar-refractivity contribution >= 4 is 33.4 Å². The van der Waals surface area contributed by atoms with Gasteiger partial charge in [-0.3, -0.25) is 4.79 Å². The molecule has 0 spiro atoms. The molecule has 0 bridgehead atoms. The molecule has 2 aromatic carbocycles. The van der Waals surface area contributed by atoms with Gasteiger partial charge in [0.15, 0.2) is 0 Å². The molecule has 0 unspecified atom stereocenters. The number of carbonyl (C=O) groups excluding carboxylic acids is 1. The summed E-state index contributed by atoms with van der Waals surface area (Å²) >= 11 is 0. The summed E-state index contributed by atoms with van der Waals surface area (Å²) in [5, 5.41) is 20.0. The second-order valence-corrected chi connectivity index (χ2v) is 7.18. The molecule has 162 valence electrons. The minimum Gasteiger partial charge on any atom is -0.422 e. The molecule has 0 aliphatic carbocycles. The van der Waals surface area contributed by atoms with Gasteiger partial charge in [-0.1, -0.05) is 12.1 Å². The molecular weight excluding hydrogens is 422 g/mol. The maximum absolute atomic E-state index is 13.4. The van der Waals surface area contributed by atoms with Crippen LogP contribution in [0.4, 0.5) is 5.69 Å². The summed E-state index contributed by atoms with van der Waals surface area (Å²) in [4.78, 5) is 40.9. The number of para-hydroxylation sites is 1. The average Bonchev–Trinajstić information content (AvgIpc) is 2.82. The van der Waals surface area contributed by atoms with Crippen molar-refractivity contribution in [2.45, 2.75) is 13.8 Å². The average molecular weight is 439 g/mol. The van der Waals surface area contributed by atoms with Crippen LogP contribution in [-0.2, 0) is 0 Å². The van der Waals surface area contributed by atoms with E-state index in [9.17, 15) is 24.9 Å². The maximum Gasteiger partial charge on any atom is 0.348 e. The highest BCUT2D eigenvalue weighted by Crippen LogP contribution is 2.27. The zero-order chi connectivity index (χ0) is 23.7. The number of hydrogen-bond donors (Lipinski definition) is 0. The van der Waals surface area contributed by atoms with Crippen LogP contribution in [0.1, 0.15) is 40.9 Å². The Morgan fingerprint density at radius 2 is 1.39 bits per heavy atom. The van der Waals surface area contributed by atoms with Gasteiger partial charge in [0.2, 0.25) is 5.78 Å². The van der Waals surface area contributed by atoms with Gasteiger partial charge in [-0.25, -0.2) is 9.59 Å². The van der Waals surface area contributed by atoms with Crippen molar-refractivity contribution in [3.8, 4) is 12.1 Å². The predicted octanol–water partition coefficient (Wildman–Crippen LogP) is 3.72. The van der Waals surface area contributed by atoms with Crippen molar-refractivity contribution in [3.63, 3.8) is 0 Å². The lowest BCUT2D eigenvalue weighted by molar-refractivity contribution is 0.103. The molecule has 4 rings (SSSR count). The molecule has 0 radical (unpaired) electrons. The van der Waals surface area contributed by atoms with Gasteiger partial charge in [0.25, 0.3) is 0 Å². The molecule has 0 saturated heterocycles. The zero-order valence-corrected chi connectivity index (χ0v) is 17.8. The monoisotopic (exact) mass is 439 g/mol. The number of rotatable bonds is 5. The van der Waals surface area contributed by atoms with E-state index in [4.69, 9.17) is 8.83 Å². The van der Waals surface area contributed by atoms with Gasteiger partial charge in [0.1, 0.15) is 34.4 Å². The number of carbonyl (C=O) groups is 1. The lowest BCUT2D eigenvalue weighted by Crippen LogP contribution is -2.24. The fraction of sp³-hybridized carbons (Fsp3) is 0.160. The Kier molecular flexibility index (Phi) is 5.51. The molecule has 33 heavy (non-hydrogen) atoms. The third-order valence-corrected chi connectivity index (χ3v) is 5.51. The summed E-state index contributed by atoms with van der Waals surface area (Å²) in [6.45, 7) is 5.41.